The molecule has 3 rings (SSSR count). The Kier molecular flexibility index (Phi) is 3.91. The fourth-order valence-electron chi connectivity index (χ4n) is 2.89. The SMILES string of the molecule is Cc1nn(C)c(COc2ccc3c(c2)[C@@H](N)CCC3)c1Cl. The summed E-state index contributed by atoms with van der Waals surface area (Å²) >= 11 is 6.24. The lowest BCUT2D eigenvalue weighted by molar-refractivity contribution is 0.294. The first-order valence-electron chi connectivity index (χ1n) is 7.25. The van der Waals surface area contributed by atoms with Gasteiger partial charge in [-0.1, -0.05) is 17.7 Å². The maximum atomic E-state index is 6.24. The average molecular weight is 306 g/mol. The number of ether oxygens (including phenoxy) is 1. The minimum atomic E-state index is 0.125. The van der Waals surface area contributed by atoms with E-state index in [0.717, 1.165) is 36.4 Å². The van der Waals surface area contributed by atoms with Crippen molar-refractivity contribution in [3.63, 3.8) is 0 Å². The first-order valence-corrected chi connectivity index (χ1v) is 7.63. The lowest BCUT2D eigenvalue weighted by atomic mass is 9.88. The van der Waals surface area contributed by atoms with Crippen LogP contribution < -0.4 is 10.5 Å². The Balaban J connectivity index is 1.78. The van der Waals surface area contributed by atoms with Gasteiger partial charge in [0.05, 0.1) is 16.4 Å². The van der Waals surface area contributed by atoms with Crippen molar-refractivity contribution in [2.24, 2.45) is 12.8 Å². The highest BCUT2D eigenvalue weighted by molar-refractivity contribution is 6.31. The zero-order valence-corrected chi connectivity index (χ0v) is 13.2. The molecular formula is C16H20ClN3O. The second-order valence-corrected chi connectivity index (χ2v) is 6.00. The van der Waals surface area contributed by atoms with Crippen molar-refractivity contribution < 1.29 is 4.74 Å². The third kappa shape index (κ3) is 2.78. The maximum Gasteiger partial charge on any atom is 0.131 e. The highest BCUT2D eigenvalue weighted by Crippen LogP contribution is 2.31. The lowest BCUT2D eigenvalue weighted by Crippen LogP contribution is -2.17. The Bertz CT molecular complexity index is 666. The van der Waals surface area contributed by atoms with Gasteiger partial charge in [-0.25, -0.2) is 0 Å². The minimum Gasteiger partial charge on any atom is -0.487 e. The van der Waals surface area contributed by atoms with Crippen LogP contribution >= 0.6 is 11.6 Å². The number of nitrogens with two attached hydrogens (primary N) is 1. The third-order valence-electron chi connectivity index (χ3n) is 4.12. The van der Waals surface area contributed by atoms with Crippen molar-refractivity contribution in [1.82, 2.24) is 9.78 Å². The minimum absolute atomic E-state index is 0.125. The molecule has 0 saturated carbocycles. The van der Waals surface area contributed by atoms with Gasteiger partial charge >= 0.3 is 0 Å². The Hall–Kier alpha value is -1.52. The normalized spacial score (nSPS) is 17.6. The van der Waals surface area contributed by atoms with Gasteiger partial charge in [-0.15, -0.1) is 0 Å². The van der Waals surface area contributed by atoms with Crippen molar-refractivity contribution in [3.8, 4) is 5.75 Å². The molecule has 0 aliphatic heterocycles. The smallest absolute Gasteiger partial charge is 0.131 e. The van der Waals surface area contributed by atoms with E-state index in [1.54, 1.807) is 4.68 Å². The molecule has 0 saturated heterocycles. The van der Waals surface area contributed by atoms with Crippen molar-refractivity contribution in [1.29, 1.82) is 0 Å². The van der Waals surface area contributed by atoms with Gasteiger partial charge in [-0.3, -0.25) is 4.68 Å². The van der Waals surface area contributed by atoms with Gasteiger partial charge in [-0.2, -0.15) is 5.10 Å². The van der Waals surface area contributed by atoms with E-state index in [2.05, 4.69) is 17.2 Å². The standard InChI is InChI=1S/C16H20ClN3O/c1-10-16(17)15(20(2)19-10)9-21-12-7-6-11-4-3-5-14(18)13(11)8-12/h6-8,14H,3-5,9,18H2,1-2H3/t14-/m0/s1. The van der Waals surface area contributed by atoms with Gasteiger partial charge in [0.1, 0.15) is 12.4 Å². The molecule has 1 heterocycles. The van der Waals surface area contributed by atoms with Crippen molar-refractivity contribution >= 4 is 11.6 Å². The fraction of sp³-hybridized carbons (Fsp3) is 0.438. The predicted molar refractivity (Wildman–Crippen MR) is 83.6 cm³/mol. The topological polar surface area (TPSA) is 53.1 Å². The molecule has 112 valence electrons. The lowest BCUT2D eigenvalue weighted by Gasteiger charge is -2.22. The number of benzene rings is 1. The molecule has 0 spiro atoms. The van der Waals surface area contributed by atoms with Gasteiger partial charge in [0.2, 0.25) is 0 Å². The van der Waals surface area contributed by atoms with E-state index in [9.17, 15) is 0 Å². The molecule has 0 amide bonds. The van der Waals surface area contributed by atoms with Gasteiger partial charge in [0, 0.05) is 13.1 Å². The quantitative estimate of drug-likeness (QED) is 0.946. The molecule has 0 radical (unpaired) electrons. The van der Waals surface area contributed by atoms with Crippen LogP contribution in [0.4, 0.5) is 0 Å². The van der Waals surface area contributed by atoms with E-state index in [4.69, 9.17) is 22.1 Å². The summed E-state index contributed by atoms with van der Waals surface area (Å²) in [6.45, 7) is 2.30. The molecular weight excluding hydrogens is 286 g/mol. The molecule has 1 aromatic heterocycles. The van der Waals surface area contributed by atoms with Crippen molar-refractivity contribution in [2.75, 3.05) is 0 Å². The summed E-state index contributed by atoms with van der Waals surface area (Å²) in [7, 11) is 1.88. The van der Waals surface area contributed by atoms with Crippen molar-refractivity contribution in [3.05, 3.63) is 45.7 Å². The number of fused-ring (bicyclic) bond motifs is 1. The van der Waals surface area contributed by atoms with Crippen LogP contribution in [0.5, 0.6) is 5.75 Å². The van der Waals surface area contributed by atoms with Crippen LogP contribution in [0.2, 0.25) is 5.02 Å². The van der Waals surface area contributed by atoms with Crippen LogP contribution in [0.1, 0.15) is 41.4 Å². The van der Waals surface area contributed by atoms with Crippen molar-refractivity contribution in [2.45, 2.75) is 38.8 Å². The summed E-state index contributed by atoms with van der Waals surface area (Å²) in [5.41, 5.74) is 10.4. The van der Waals surface area contributed by atoms with Gasteiger partial charge in [0.15, 0.2) is 0 Å². The second-order valence-electron chi connectivity index (χ2n) is 5.62. The predicted octanol–water partition coefficient (Wildman–Crippen LogP) is 3.30. The Morgan fingerprint density at radius 3 is 3.00 bits per heavy atom. The van der Waals surface area contributed by atoms with Crippen LogP contribution in [-0.2, 0) is 20.1 Å². The Morgan fingerprint density at radius 1 is 1.48 bits per heavy atom. The number of hydrogen-bond acceptors (Lipinski definition) is 3. The summed E-state index contributed by atoms with van der Waals surface area (Å²) in [6.07, 6.45) is 3.32. The summed E-state index contributed by atoms with van der Waals surface area (Å²) in [4.78, 5) is 0. The molecule has 4 nitrogen and oxygen atoms in total. The molecule has 0 bridgehead atoms. The monoisotopic (exact) mass is 305 g/mol. The van der Waals surface area contributed by atoms with Crippen LogP contribution in [-0.4, -0.2) is 9.78 Å². The number of halogens is 1. The van der Waals surface area contributed by atoms with E-state index in [0.29, 0.717) is 11.6 Å². The fourth-order valence-corrected chi connectivity index (χ4v) is 3.11. The molecule has 21 heavy (non-hydrogen) atoms. The van der Waals surface area contributed by atoms with E-state index in [-0.39, 0.29) is 6.04 Å². The van der Waals surface area contributed by atoms with Crippen LogP contribution in [0.25, 0.3) is 0 Å². The molecule has 1 atom stereocenters. The molecule has 0 unspecified atom stereocenters. The first kappa shape index (κ1) is 14.4. The molecule has 2 N–H and O–H groups in total. The average Bonchev–Trinajstić information content (AvgIpc) is 2.71. The molecule has 1 aliphatic carbocycles. The molecule has 2 aromatic rings. The maximum absolute atomic E-state index is 6.24. The van der Waals surface area contributed by atoms with Crippen LogP contribution in [0, 0.1) is 6.92 Å². The summed E-state index contributed by atoms with van der Waals surface area (Å²) < 4.78 is 7.65. The molecule has 1 aliphatic rings. The third-order valence-corrected chi connectivity index (χ3v) is 4.61. The van der Waals surface area contributed by atoms with Crippen LogP contribution in [0.3, 0.4) is 0 Å². The molecule has 1 aromatic carbocycles. The summed E-state index contributed by atoms with van der Waals surface area (Å²) in [5.74, 6) is 0.834. The first-order chi connectivity index (χ1) is 10.1. The largest absolute Gasteiger partial charge is 0.487 e. The van der Waals surface area contributed by atoms with Gasteiger partial charge < -0.3 is 10.5 Å². The Morgan fingerprint density at radius 2 is 2.29 bits per heavy atom. The highest BCUT2D eigenvalue weighted by atomic mass is 35.5. The molecule has 5 heteroatoms. The Labute approximate surface area is 129 Å². The van der Waals surface area contributed by atoms with E-state index in [1.165, 1.54) is 11.1 Å². The second kappa shape index (κ2) is 5.70. The summed E-state index contributed by atoms with van der Waals surface area (Å²) in [6, 6.07) is 6.32. The van der Waals surface area contributed by atoms with E-state index < -0.39 is 0 Å². The van der Waals surface area contributed by atoms with E-state index >= 15 is 0 Å². The van der Waals surface area contributed by atoms with Gasteiger partial charge in [0.25, 0.3) is 0 Å². The van der Waals surface area contributed by atoms with Crippen LogP contribution in [0.15, 0.2) is 18.2 Å². The zero-order valence-electron chi connectivity index (χ0n) is 12.4. The number of rotatable bonds is 3. The molecule has 0 fully saturated rings. The number of aromatic nitrogens is 2. The zero-order chi connectivity index (χ0) is 15.0. The highest BCUT2D eigenvalue weighted by Gasteiger charge is 2.18. The van der Waals surface area contributed by atoms with Gasteiger partial charge in [-0.05, 0) is 49.4 Å². The number of aryl methyl sites for hydroxylation is 3. The van der Waals surface area contributed by atoms with E-state index in [1.807, 2.05) is 20.0 Å². The summed E-state index contributed by atoms with van der Waals surface area (Å²) in [5, 5.41) is 4.96. The number of hydrogen-bond donors (Lipinski definition) is 1. The number of nitrogens with zero attached hydrogens (tertiary/aromatic N) is 2.